The van der Waals surface area contributed by atoms with E-state index in [2.05, 4.69) is 4.43 Å². The molecule has 0 aliphatic carbocycles. The quantitative estimate of drug-likeness (QED) is 0.308. The molecule has 0 aromatic carbocycles. The minimum absolute atomic E-state index is 1.00. The van der Waals surface area contributed by atoms with Crippen molar-refractivity contribution < 1.29 is 23.9 Å². The molecule has 0 unspecified atom stereocenters. The lowest BCUT2D eigenvalue weighted by atomic mass is 11.8. The molecule has 0 spiro atoms. The van der Waals surface area contributed by atoms with Gasteiger partial charge < -0.3 is 23.9 Å². The van der Waals surface area contributed by atoms with Crippen molar-refractivity contribution in [2.45, 2.75) is 0 Å². The summed E-state index contributed by atoms with van der Waals surface area (Å²) in [6, 6.07) is 0. The van der Waals surface area contributed by atoms with Gasteiger partial charge in [-0.2, -0.15) is 0 Å². The molecule has 0 aliphatic rings. The summed E-state index contributed by atoms with van der Waals surface area (Å²) in [6.07, 6.45) is 0. The molecule has 8 heavy (non-hydrogen) atoms. The molecule has 0 atom stereocenters. The predicted octanol–water partition coefficient (Wildman–Crippen LogP) is -2.35. The van der Waals surface area contributed by atoms with Gasteiger partial charge in [-0.1, -0.05) is 0 Å². The summed E-state index contributed by atoms with van der Waals surface area (Å²) in [5.74, 6) is 0. The SMILES string of the molecule is CO.CO[Si](O)(O)O. The summed E-state index contributed by atoms with van der Waals surface area (Å²) in [7, 11) is -2.11. The van der Waals surface area contributed by atoms with E-state index in [-0.39, 0.29) is 0 Å². The molecule has 0 radical (unpaired) electrons. The smallest absolute Gasteiger partial charge is 0.400 e. The highest BCUT2D eigenvalue weighted by atomic mass is 28.4. The van der Waals surface area contributed by atoms with Gasteiger partial charge in [-0.25, -0.2) is 0 Å². The summed E-state index contributed by atoms with van der Waals surface area (Å²) in [5, 5.41) is 7.00. The van der Waals surface area contributed by atoms with Gasteiger partial charge in [0, 0.05) is 14.2 Å². The van der Waals surface area contributed by atoms with Crippen LogP contribution in [0.1, 0.15) is 0 Å². The third-order valence-electron chi connectivity index (χ3n) is 0.274. The first kappa shape index (κ1) is 10.9. The van der Waals surface area contributed by atoms with Crippen molar-refractivity contribution >= 4 is 9.05 Å². The number of rotatable bonds is 1. The van der Waals surface area contributed by atoms with E-state index < -0.39 is 9.05 Å². The van der Waals surface area contributed by atoms with E-state index in [9.17, 15) is 0 Å². The Morgan fingerprint density at radius 2 is 1.25 bits per heavy atom. The van der Waals surface area contributed by atoms with Crippen LogP contribution < -0.4 is 0 Å². The molecule has 0 heterocycles. The van der Waals surface area contributed by atoms with Crippen LogP contribution in [0.5, 0.6) is 0 Å². The second-order valence-electron chi connectivity index (χ2n) is 0.778. The molecule has 0 aliphatic heterocycles. The van der Waals surface area contributed by atoms with Gasteiger partial charge in [0.15, 0.2) is 0 Å². The Hall–Kier alpha value is 0.0169. The highest BCUT2D eigenvalue weighted by Crippen LogP contribution is 1.80. The summed E-state index contributed by atoms with van der Waals surface area (Å²) >= 11 is 0. The summed E-state index contributed by atoms with van der Waals surface area (Å²) < 4.78 is 3.74. The molecule has 6 heteroatoms. The van der Waals surface area contributed by atoms with E-state index in [4.69, 9.17) is 19.5 Å². The van der Waals surface area contributed by atoms with Gasteiger partial charge in [0.05, 0.1) is 0 Å². The van der Waals surface area contributed by atoms with E-state index in [0.717, 1.165) is 14.2 Å². The van der Waals surface area contributed by atoms with Gasteiger partial charge in [0.25, 0.3) is 0 Å². The second kappa shape index (κ2) is 5.16. The Morgan fingerprint density at radius 1 is 1.12 bits per heavy atom. The molecule has 0 aromatic rings. The maximum absolute atomic E-state index is 7.85. The number of aliphatic hydroxyl groups excluding tert-OH is 1. The van der Waals surface area contributed by atoms with Crippen LogP contribution in [0.3, 0.4) is 0 Å². The molecule has 0 aromatic heterocycles. The van der Waals surface area contributed by atoms with Crippen LogP contribution in [0.2, 0.25) is 0 Å². The topological polar surface area (TPSA) is 90.2 Å². The fourth-order valence-corrected chi connectivity index (χ4v) is 0. The Labute approximate surface area is 48.3 Å². The minimum Gasteiger partial charge on any atom is -0.400 e. The lowest BCUT2D eigenvalue weighted by molar-refractivity contribution is 0.0881. The average Bonchev–Trinajstić information content (AvgIpc) is 1.71. The first-order chi connectivity index (χ1) is 3.56. The largest absolute Gasteiger partial charge is 0.671 e. The number of hydrogen-bond acceptors (Lipinski definition) is 5. The van der Waals surface area contributed by atoms with E-state index >= 15 is 0 Å². The molecular weight excluding hydrogens is 132 g/mol. The molecular formula is C2H10O5Si. The van der Waals surface area contributed by atoms with Crippen molar-refractivity contribution in [1.29, 1.82) is 0 Å². The fraction of sp³-hybridized carbons (Fsp3) is 1.00. The van der Waals surface area contributed by atoms with Gasteiger partial charge in [-0.15, -0.1) is 0 Å². The maximum atomic E-state index is 7.85. The van der Waals surface area contributed by atoms with Crippen LogP contribution in [0.4, 0.5) is 0 Å². The Morgan fingerprint density at radius 3 is 1.25 bits per heavy atom. The fourth-order valence-electron chi connectivity index (χ4n) is 0. The normalized spacial score (nSPS) is 9.75. The third-order valence-corrected chi connectivity index (χ3v) is 0.822. The molecule has 0 saturated heterocycles. The Balaban J connectivity index is 0. The van der Waals surface area contributed by atoms with Gasteiger partial charge in [0.2, 0.25) is 0 Å². The van der Waals surface area contributed by atoms with E-state index in [0.29, 0.717) is 0 Å². The van der Waals surface area contributed by atoms with Crippen LogP contribution in [0, 0.1) is 0 Å². The van der Waals surface area contributed by atoms with Crippen LogP contribution in [-0.2, 0) is 4.43 Å². The molecule has 52 valence electrons. The van der Waals surface area contributed by atoms with Gasteiger partial charge in [-0.05, 0) is 0 Å². The van der Waals surface area contributed by atoms with Gasteiger partial charge in [-0.3, -0.25) is 0 Å². The molecule has 4 N–H and O–H groups in total. The van der Waals surface area contributed by atoms with Gasteiger partial charge in [0.1, 0.15) is 0 Å². The van der Waals surface area contributed by atoms with Crippen LogP contribution in [-0.4, -0.2) is 42.8 Å². The highest BCUT2D eigenvalue weighted by molar-refractivity contribution is 6.48. The first-order valence-corrected chi connectivity index (χ1v) is 3.48. The summed E-state index contributed by atoms with van der Waals surface area (Å²) in [6.45, 7) is 0. The first-order valence-electron chi connectivity index (χ1n) is 1.73. The van der Waals surface area contributed by atoms with Gasteiger partial charge >= 0.3 is 9.05 Å². The predicted molar refractivity (Wildman–Crippen MR) is 27.6 cm³/mol. The molecule has 0 rings (SSSR count). The number of aliphatic hydroxyl groups is 1. The standard InChI is InChI=1S/CH6O4Si.CH4O/c1-5-6(2,3)4;1-2/h2-4H,1H3;2H,1H3. The van der Waals surface area contributed by atoms with Crippen molar-refractivity contribution in [2.24, 2.45) is 0 Å². The number of hydrogen-bond donors (Lipinski definition) is 4. The molecule has 0 bridgehead atoms. The Kier molecular flexibility index (Phi) is 7.03. The van der Waals surface area contributed by atoms with Crippen molar-refractivity contribution in [3.8, 4) is 0 Å². The summed E-state index contributed by atoms with van der Waals surface area (Å²) in [4.78, 5) is 23.6. The van der Waals surface area contributed by atoms with Crippen molar-refractivity contribution in [1.82, 2.24) is 0 Å². The second-order valence-corrected chi connectivity index (χ2v) is 2.33. The van der Waals surface area contributed by atoms with Crippen molar-refractivity contribution in [3.63, 3.8) is 0 Å². The van der Waals surface area contributed by atoms with Crippen molar-refractivity contribution in [3.05, 3.63) is 0 Å². The molecule has 0 fully saturated rings. The van der Waals surface area contributed by atoms with Crippen molar-refractivity contribution in [2.75, 3.05) is 14.2 Å². The minimum atomic E-state index is -4.13. The zero-order chi connectivity index (χ0) is 7.21. The third kappa shape index (κ3) is 16.6. The zero-order valence-corrected chi connectivity index (χ0v) is 5.70. The molecule has 0 saturated carbocycles. The maximum Gasteiger partial charge on any atom is 0.671 e. The zero-order valence-electron chi connectivity index (χ0n) is 4.70. The van der Waals surface area contributed by atoms with E-state index in [1.807, 2.05) is 0 Å². The monoisotopic (exact) mass is 142 g/mol. The van der Waals surface area contributed by atoms with E-state index in [1.54, 1.807) is 0 Å². The lowest BCUT2D eigenvalue weighted by Crippen LogP contribution is -2.37. The Bertz CT molecular complexity index is 40.2. The van der Waals surface area contributed by atoms with Crippen LogP contribution in [0.25, 0.3) is 0 Å². The molecule has 5 nitrogen and oxygen atoms in total. The molecule has 0 amide bonds. The highest BCUT2D eigenvalue weighted by Gasteiger charge is 2.27. The average molecular weight is 142 g/mol. The lowest BCUT2D eigenvalue weighted by Gasteiger charge is -2.01. The van der Waals surface area contributed by atoms with Crippen LogP contribution in [0.15, 0.2) is 0 Å². The van der Waals surface area contributed by atoms with Crippen LogP contribution >= 0.6 is 0 Å². The summed E-state index contributed by atoms with van der Waals surface area (Å²) in [5.41, 5.74) is 0. The van der Waals surface area contributed by atoms with E-state index in [1.165, 1.54) is 0 Å².